The minimum absolute atomic E-state index is 0.148. The van der Waals surface area contributed by atoms with Gasteiger partial charge in [-0.15, -0.1) is 22.7 Å². The molecule has 3 atom stereocenters. The van der Waals surface area contributed by atoms with Crippen molar-refractivity contribution < 1.29 is 5.11 Å². The highest BCUT2D eigenvalue weighted by Gasteiger charge is 2.45. The van der Waals surface area contributed by atoms with Gasteiger partial charge < -0.3 is 5.11 Å². The van der Waals surface area contributed by atoms with Gasteiger partial charge in [-0.05, 0) is 67.1 Å². The summed E-state index contributed by atoms with van der Waals surface area (Å²) in [6.45, 7) is 3.38. The highest BCUT2D eigenvalue weighted by Crippen LogP contribution is 2.41. The Morgan fingerprint density at radius 1 is 1.20 bits per heavy atom. The SMILES string of the molecule is Cc1cc(CN2[C@@H]3CCC[C@H]2CC(O)(Cn2nc(-c4cccs4)ccc2=O)C3)cs1. The Balaban J connectivity index is 1.36. The van der Waals surface area contributed by atoms with Crippen molar-refractivity contribution in [3.63, 3.8) is 0 Å². The predicted molar refractivity (Wildman–Crippen MR) is 122 cm³/mol. The van der Waals surface area contributed by atoms with E-state index in [2.05, 4.69) is 28.4 Å². The molecule has 30 heavy (non-hydrogen) atoms. The van der Waals surface area contributed by atoms with E-state index in [-0.39, 0.29) is 12.1 Å². The molecule has 0 aliphatic carbocycles. The number of aromatic nitrogens is 2. The smallest absolute Gasteiger partial charge is 0.266 e. The second-order valence-electron chi connectivity index (χ2n) is 8.80. The number of aryl methyl sites for hydroxylation is 1. The van der Waals surface area contributed by atoms with Gasteiger partial charge in [-0.2, -0.15) is 5.10 Å². The van der Waals surface area contributed by atoms with Gasteiger partial charge in [-0.3, -0.25) is 9.69 Å². The van der Waals surface area contributed by atoms with E-state index < -0.39 is 5.60 Å². The number of hydrogen-bond acceptors (Lipinski definition) is 6. The standard InChI is InChI=1S/C23H27N3O2S2/c1-16-10-17(14-30-16)13-25-18-4-2-5-19(25)12-23(28,11-18)15-26-22(27)8-7-20(24-26)21-6-3-9-29-21/h3,6-10,14,18-19,28H,2,4-5,11-13,15H2,1H3/t18-,19+,23?. The minimum atomic E-state index is -0.887. The molecular weight excluding hydrogens is 414 g/mol. The zero-order valence-corrected chi connectivity index (χ0v) is 18.8. The minimum Gasteiger partial charge on any atom is -0.388 e. The quantitative estimate of drug-likeness (QED) is 0.642. The Hall–Kier alpha value is -1.80. The normalized spacial score (nSPS) is 26.7. The zero-order valence-electron chi connectivity index (χ0n) is 17.2. The molecule has 0 amide bonds. The molecule has 2 saturated heterocycles. The number of aliphatic hydroxyl groups is 1. The van der Waals surface area contributed by atoms with Gasteiger partial charge in [0.15, 0.2) is 0 Å². The fourth-order valence-electron chi connectivity index (χ4n) is 5.19. The van der Waals surface area contributed by atoms with Gasteiger partial charge in [0, 0.05) is 29.6 Å². The van der Waals surface area contributed by atoms with Crippen molar-refractivity contribution in [2.75, 3.05) is 0 Å². The fraction of sp³-hybridized carbons (Fsp3) is 0.478. The zero-order chi connectivity index (χ0) is 20.7. The third-order valence-electron chi connectivity index (χ3n) is 6.48. The predicted octanol–water partition coefficient (Wildman–Crippen LogP) is 4.29. The number of thiophene rings is 2. The summed E-state index contributed by atoms with van der Waals surface area (Å²) in [6, 6.07) is 10.3. The van der Waals surface area contributed by atoms with E-state index in [0.29, 0.717) is 24.9 Å². The van der Waals surface area contributed by atoms with Crippen molar-refractivity contribution in [2.24, 2.45) is 0 Å². The molecule has 2 aliphatic rings. The third kappa shape index (κ3) is 4.04. The Morgan fingerprint density at radius 2 is 2.00 bits per heavy atom. The van der Waals surface area contributed by atoms with Gasteiger partial charge in [0.05, 0.1) is 17.0 Å². The van der Waals surface area contributed by atoms with Crippen LogP contribution in [0.25, 0.3) is 10.6 Å². The number of rotatable bonds is 5. The molecule has 5 heterocycles. The van der Waals surface area contributed by atoms with Crippen LogP contribution in [0.15, 0.2) is 45.9 Å². The summed E-state index contributed by atoms with van der Waals surface area (Å²) in [7, 11) is 0. The van der Waals surface area contributed by atoms with Gasteiger partial charge >= 0.3 is 0 Å². The van der Waals surface area contributed by atoms with Crippen LogP contribution in [-0.4, -0.2) is 37.5 Å². The van der Waals surface area contributed by atoms with Crippen molar-refractivity contribution in [3.8, 4) is 10.6 Å². The van der Waals surface area contributed by atoms with Gasteiger partial charge in [0.1, 0.15) is 5.69 Å². The van der Waals surface area contributed by atoms with Crippen LogP contribution in [0.4, 0.5) is 0 Å². The molecule has 1 N–H and O–H groups in total. The molecule has 3 aromatic heterocycles. The van der Waals surface area contributed by atoms with Crippen molar-refractivity contribution in [3.05, 3.63) is 61.9 Å². The van der Waals surface area contributed by atoms with Gasteiger partial charge in [-0.25, -0.2) is 4.68 Å². The molecule has 0 saturated carbocycles. The summed E-state index contributed by atoms with van der Waals surface area (Å²) in [6.07, 6.45) is 4.84. The topological polar surface area (TPSA) is 58.4 Å². The van der Waals surface area contributed by atoms with E-state index in [1.54, 1.807) is 34.8 Å². The third-order valence-corrected chi connectivity index (χ3v) is 8.28. The summed E-state index contributed by atoms with van der Waals surface area (Å²) in [5.74, 6) is 0. The van der Waals surface area contributed by atoms with E-state index in [9.17, 15) is 9.90 Å². The van der Waals surface area contributed by atoms with Crippen molar-refractivity contribution in [1.29, 1.82) is 0 Å². The van der Waals surface area contributed by atoms with Gasteiger partial charge in [-0.1, -0.05) is 12.5 Å². The molecule has 5 rings (SSSR count). The lowest BCUT2D eigenvalue weighted by Crippen LogP contribution is -2.59. The highest BCUT2D eigenvalue weighted by atomic mass is 32.1. The van der Waals surface area contributed by atoms with E-state index in [1.165, 1.54) is 21.5 Å². The van der Waals surface area contributed by atoms with Crippen LogP contribution < -0.4 is 5.56 Å². The molecule has 2 fully saturated rings. The summed E-state index contributed by atoms with van der Waals surface area (Å²) >= 11 is 3.41. The highest BCUT2D eigenvalue weighted by molar-refractivity contribution is 7.13. The maximum atomic E-state index is 12.5. The second kappa shape index (κ2) is 8.04. The van der Waals surface area contributed by atoms with Gasteiger partial charge in [0.25, 0.3) is 5.56 Å². The first-order valence-corrected chi connectivity index (χ1v) is 12.4. The largest absolute Gasteiger partial charge is 0.388 e. The summed E-state index contributed by atoms with van der Waals surface area (Å²) in [4.78, 5) is 17.5. The molecule has 0 radical (unpaired) electrons. The Labute approximate surface area is 184 Å². The molecule has 2 bridgehead atoms. The van der Waals surface area contributed by atoms with Crippen LogP contribution in [0, 0.1) is 6.92 Å². The molecule has 0 aromatic carbocycles. The Kier molecular flexibility index (Phi) is 5.39. The van der Waals surface area contributed by atoms with Crippen LogP contribution in [0.5, 0.6) is 0 Å². The lowest BCUT2D eigenvalue weighted by molar-refractivity contribution is -0.105. The molecule has 158 valence electrons. The van der Waals surface area contributed by atoms with Crippen LogP contribution in [-0.2, 0) is 13.1 Å². The molecule has 0 spiro atoms. The number of hydrogen-bond donors (Lipinski definition) is 1. The van der Waals surface area contributed by atoms with Crippen molar-refractivity contribution in [2.45, 2.75) is 69.8 Å². The molecule has 7 heteroatoms. The van der Waals surface area contributed by atoms with Crippen LogP contribution >= 0.6 is 22.7 Å². The number of piperidine rings is 2. The van der Waals surface area contributed by atoms with Crippen LogP contribution in [0.3, 0.4) is 0 Å². The van der Waals surface area contributed by atoms with E-state index in [4.69, 9.17) is 0 Å². The molecule has 3 aromatic rings. The van der Waals surface area contributed by atoms with Crippen molar-refractivity contribution in [1.82, 2.24) is 14.7 Å². The lowest BCUT2D eigenvalue weighted by atomic mass is 9.75. The Morgan fingerprint density at radius 3 is 2.67 bits per heavy atom. The van der Waals surface area contributed by atoms with E-state index in [0.717, 1.165) is 30.0 Å². The molecule has 2 aliphatic heterocycles. The van der Waals surface area contributed by atoms with Crippen molar-refractivity contribution >= 4 is 22.7 Å². The number of nitrogens with zero attached hydrogens (tertiary/aromatic N) is 3. The monoisotopic (exact) mass is 441 g/mol. The first-order valence-electron chi connectivity index (χ1n) is 10.6. The van der Waals surface area contributed by atoms with Crippen LogP contribution in [0.2, 0.25) is 0 Å². The average Bonchev–Trinajstić information content (AvgIpc) is 3.37. The fourth-order valence-corrected chi connectivity index (χ4v) is 6.58. The van der Waals surface area contributed by atoms with E-state index >= 15 is 0 Å². The molecular formula is C23H27N3O2S2. The average molecular weight is 442 g/mol. The molecule has 1 unspecified atom stereocenters. The Bertz CT molecular complexity index is 1060. The number of fused-ring (bicyclic) bond motifs is 2. The first-order chi connectivity index (χ1) is 14.5. The maximum absolute atomic E-state index is 12.5. The van der Waals surface area contributed by atoms with Gasteiger partial charge in [0.2, 0.25) is 0 Å². The lowest BCUT2D eigenvalue weighted by Gasteiger charge is -2.52. The first kappa shape index (κ1) is 20.1. The summed E-state index contributed by atoms with van der Waals surface area (Å²) in [5.41, 5.74) is 1.13. The second-order valence-corrected chi connectivity index (χ2v) is 10.9. The molecule has 5 nitrogen and oxygen atoms in total. The van der Waals surface area contributed by atoms with E-state index in [1.807, 2.05) is 17.5 Å². The maximum Gasteiger partial charge on any atom is 0.266 e. The summed E-state index contributed by atoms with van der Waals surface area (Å²) in [5, 5.41) is 20.4. The summed E-state index contributed by atoms with van der Waals surface area (Å²) < 4.78 is 1.47. The van der Waals surface area contributed by atoms with Crippen LogP contribution in [0.1, 0.15) is 42.5 Å².